The van der Waals surface area contributed by atoms with E-state index in [0.717, 1.165) is 44.7 Å². The van der Waals surface area contributed by atoms with Crippen molar-refractivity contribution in [1.29, 1.82) is 0 Å². The first-order chi connectivity index (χ1) is 14.5. The maximum Gasteiger partial charge on any atom is 0.410 e. The summed E-state index contributed by atoms with van der Waals surface area (Å²) in [6.45, 7) is 8.01. The van der Waals surface area contributed by atoms with Gasteiger partial charge in [-0.1, -0.05) is 6.42 Å². The highest BCUT2D eigenvalue weighted by Crippen LogP contribution is 2.54. The van der Waals surface area contributed by atoms with Crippen molar-refractivity contribution in [2.45, 2.75) is 76.2 Å². The van der Waals surface area contributed by atoms with Crippen LogP contribution in [0.2, 0.25) is 0 Å². The molecule has 1 spiro atoms. The number of nitrogens with zero attached hydrogens (tertiary/aromatic N) is 1. The molecule has 1 saturated carbocycles. The molecule has 2 fully saturated rings. The number of piperidine rings is 1. The minimum Gasteiger partial charge on any atom is -0.494 e. The summed E-state index contributed by atoms with van der Waals surface area (Å²) in [6.07, 6.45) is 9.15. The second-order valence-electron chi connectivity index (χ2n) is 10.3. The molecule has 1 aromatic carbocycles. The van der Waals surface area contributed by atoms with Gasteiger partial charge in [0.15, 0.2) is 9.84 Å². The molecule has 1 amide bonds. The van der Waals surface area contributed by atoms with Gasteiger partial charge in [-0.3, -0.25) is 0 Å². The van der Waals surface area contributed by atoms with E-state index in [1.807, 2.05) is 25.7 Å². The Bertz CT molecular complexity index is 841. The Morgan fingerprint density at radius 1 is 1.10 bits per heavy atom. The second kappa shape index (κ2) is 9.39. The molecule has 0 aromatic heterocycles. The summed E-state index contributed by atoms with van der Waals surface area (Å²) in [6, 6.07) is 6.62. The van der Waals surface area contributed by atoms with Crippen LogP contribution in [0, 0.1) is 11.3 Å². The van der Waals surface area contributed by atoms with Gasteiger partial charge in [-0.2, -0.15) is 0 Å². The van der Waals surface area contributed by atoms with Crippen molar-refractivity contribution in [3.8, 4) is 5.75 Å². The van der Waals surface area contributed by atoms with E-state index in [-0.39, 0.29) is 6.09 Å². The van der Waals surface area contributed by atoms with Gasteiger partial charge < -0.3 is 14.4 Å². The third-order valence-corrected chi connectivity index (χ3v) is 7.57. The number of amides is 1. The van der Waals surface area contributed by atoms with Gasteiger partial charge in [0.25, 0.3) is 0 Å². The van der Waals surface area contributed by atoms with Crippen LogP contribution in [0.5, 0.6) is 5.75 Å². The molecule has 0 N–H and O–H groups in total. The Hall–Kier alpha value is -1.76. The zero-order chi connectivity index (χ0) is 22.7. The Morgan fingerprint density at radius 2 is 1.71 bits per heavy atom. The van der Waals surface area contributed by atoms with Crippen LogP contribution in [-0.2, 0) is 14.6 Å². The Morgan fingerprint density at radius 3 is 2.26 bits per heavy atom. The minimum atomic E-state index is -3.16. The number of rotatable bonds is 7. The molecule has 31 heavy (non-hydrogen) atoms. The van der Waals surface area contributed by atoms with E-state index in [2.05, 4.69) is 0 Å². The lowest BCUT2D eigenvalue weighted by Gasteiger charge is -2.52. The zero-order valence-electron chi connectivity index (χ0n) is 19.4. The molecule has 3 rings (SSSR count). The lowest BCUT2D eigenvalue weighted by Crippen LogP contribution is -2.49. The van der Waals surface area contributed by atoms with Gasteiger partial charge >= 0.3 is 6.09 Å². The summed E-state index contributed by atoms with van der Waals surface area (Å²) in [5, 5.41) is 0. The molecule has 1 aromatic rings. The Labute approximate surface area is 187 Å². The fraction of sp³-hybridized carbons (Fsp3) is 0.708. The van der Waals surface area contributed by atoms with Crippen LogP contribution >= 0.6 is 0 Å². The summed E-state index contributed by atoms with van der Waals surface area (Å²) in [7, 11) is -3.16. The molecule has 7 heteroatoms. The molecule has 1 aliphatic carbocycles. The Kier molecular flexibility index (Phi) is 7.24. The standard InChI is InChI=1S/C24H37NO5S/c1-23(2,3)30-22(26)25-14-12-24(13-15-25)17-19(18-24)7-5-6-16-29-20-8-10-21(11-9-20)31(4,27)28/h8-11,19H,5-7,12-18H2,1-4H3. The fourth-order valence-corrected chi connectivity index (χ4v) is 5.41. The summed E-state index contributed by atoms with van der Waals surface area (Å²) >= 11 is 0. The van der Waals surface area contributed by atoms with Crippen molar-refractivity contribution in [1.82, 2.24) is 4.90 Å². The van der Waals surface area contributed by atoms with E-state index in [1.54, 1.807) is 24.3 Å². The van der Waals surface area contributed by atoms with Gasteiger partial charge in [-0.15, -0.1) is 0 Å². The number of carbonyl (C=O) groups is 1. The average Bonchev–Trinajstić information content (AvgIpc) is 2.65. The molecule has 1 heterocycles. The van der Waals surface area contributed by atoms with E-state index in [1.165, 1.54) is 25.5 Å². The molecule has 0 bridgehead atoms. The molecular formula is C24H37NO5S. The molecule has 1 saturated heterocycles. The highest BCUT2D eigenvalue weighted by atomic mass is 32.2. The van der Waals surface area contributed by atoms with Gasteiger partial charge in [0.1, 0.15) is 11.4 Å². The van der Waals surface area contributed by atoms with Crippen LogP contribution in [0.1, 0.15) is 65.7 Å². The largest absolute Gasteiger partial charge is 0.494 e. The molecule has 0 atom stereocenters. The average molecular weight is 452 g/mol. The van der Waals surface area contributed by atoms with E-state index in [4.69, 9.17) is 9.47 Å². The van der Waals surface area contributed by atoms with Crippen LogP contribution in [-0.4, -0.2) is 51.0 Å². The predicted molar refractivity (Wildman–Crippen MR) is 121 cm³/mol. The topological polar surface area (TPSA) is 72.9 Å². The van der Waals surface area contributed by atoms with Gasteiger partial charge in [0, 0.05) is 19.3 Å². The quantitative estimate of drug-likeness (QED) is 0.541. The summed E-state index contributed by atoms with van der Waals surface area (Å²) in [5.74, 6) is 1.51. The lowest BCUT2D eigenvalue weighted by molar-refractivity contribution is -0.0296. The number of unbranched alkanes of at least 4 members (excludes halogenated alkanes) is 1. The summed E-state index contributed by atoms with van der Waals surface area (Å²) in [5.41, 5.74) is 0.0120. The number of hydrogen-bond donors (Lipinski definition) is 0. The third kappa shape index (κ3) is 6.86. The lowest BCUT2D eigenvalue weighted by atomic mass is 9.56. The highest BCUT2D eigenvalue weighted by molar-refractivity contribution is 7.90. The molecule has 174 valence electrons. The SMILES string of the molecule is CC(C)(C)OC(=O)N1CCC2(CC1)CC(CCCCOc1ccc(S(C)(=O)=O)cc1)C2. The zero-order valence-corrected chi connectivity index (χ0v) is 20.2. The van der Waals surface area contributed by atoms with Crippen molar-refractivity contribution in [2.75, 3.05) is 26.0 Å². The van der Waals surface area contributed by atoms with Crippen LogP contribution in [0.4, 0.5) is 4.79 Å². The molecule has 0 unspecified atom stereocenters. The minimum absolute atomic E-state index is 0.177. The van der Waals surface area contributed by atoms with Crippen LogP contribution in [0.3, 0.4) is 0 Å². The molecule has 6 nitrogen and oxygen atoms in total. The van der Waals surface area contributed by atoms with E-state index in [9.17, 15) is 13.2 Å². The molecule has 1 aliphatic heterocycles. The van der Waals surface area contributed by atoms with Crippen molar-refractivity contribution in [3.05, 3.63) is 24.3 Å². The number of benzene rings is 1. The maximum absolute atomic E-state index is 12.2. The van der Waals surface area contributed by atoms with Gasteiger partial charge in [0.2, 0.25) is 0 Å². The number of likely N-dealkylation sites (tertiary alicyclic amines) is 1. The van der Waals surface area contributed by atoms with Crippen LogP contribution < -0.4 is 4.74 Å². The van der Waals surface area contributed by atoms with E-state index < -0.39 is 15.4 Å². The summed E-state index contributed by atoms with van der Waals surface area (Å²) in [4.78, 5) is 14.4. The molecule has 0 radical (unpaired) electrons. The maximum atomic E-state index is 12.2. The smallest absolute Gasteiger partial charge is 0.410 e. The monoisotopic (exact) mass is 451 g/mol. The predicted octanol–water partition coefficient (Wildman–Crippen LogP) is 5.07. The molecular weight excluding hydrogens is 414 g/mol. The van der Waals surface area contributed by atoms with E-state index in [0.29, 0.717) is 22.7 Å². The highest BCUT2D eigenvalue weighted by Gasteiger charge is 2.46. The second-order valence-corrected chi connectivity index (χ2v) is 12.3. The number of ether oxygens (including phenoxy) is 2. The summed E-state index contributed by atoms with van der Waals surface area (Å²) < 4.78 is 34.2. The van der Waals surface area contributed by atoms with Crippen molar-refractivity contribution < 1.29 is 22.7 Å². The Balaban J connectivity index is 1.28. The third-order valence-electron chi connectivity index (χ3n) is 6.45. The van der Waals surface area contributed by atoms with Gasteiger partial charge in [0.05, 0.1) is 11.5 Å². The van der Waals surface area contributed by atoms with Crippen molar-refractivity contribution in [2.24, 2.45) is 11.3 Å². The van der Waals surface area contributed by atoms with Gasteiger partial charge in [-0.05, 0) is 94.9 Å². The van der Waals surface area contributed by atoms with Gasteiger partial charge in [-0.25, -0.2) is 13.2 Å². The van der Waals surface area contributed by atoms with Crippen molar-refractivity contribution >= 4 is 15.9 Å². The fourth-order valence-electron chi connectivity index (χ4n) is 4.78. The number of sulfone groups is 1. The van der Waals surface area contributed by atoms with E-state index >= 15 is 0 Å². The normalized spacial score (nSPS) is 19.2. The molecule has 2 aliphatic rings. The first-order valence-corrected chi connectivity index (χ1v) is 13.3. The van der Waals surface area contributed by atoms with Crippen LogP contribution in [0.25, 0.3) is 0 Å². The first kappa shape index (κ1) is 23.9. The van der Waals surface area contributed by atoms with Crippen molar-refractivity contribution in [3.63, 3.8) is 0 Å². The first-order valence-electron chi connectivity index (χ1n) is 11.4. The number of carbonyl (C=O) groups excluding carboxylic acids is 1. The van der Waals surface area contributed by atoms with Crippen LogP contribution in [0.15, 0.2) is 29.2 Å². The number of hydrogen-bond acceptors (Lipinski definition) is 5.